The van der Waals surface area contributed by atoms with Crippen LogP contribution >= 0.6 is 11.6 Å². The summed E-state index contributed by atoms with van der Waals surface area (Å²) in [7, 11) is 0. The number of β-amino-alcohol motifs (C(OH)–C–C–N with tert-alkyl or cyclic N) is 1. The van der Waals surface area contributed by atoms with E-state index in [1.165, 1.54) is 37.5 Å². The molecule has 8 heteroatoms. The maximum atomic E-state index is 12.3. The van der Waals surface area contributed by atoms with E-state index < -0.39 is 12.0 Å². The largest absolute Gasteiger partial charge is 0.506 e. The van der Waals surface area contributed by atoms with Crippen molar-refractivity contribution in [3.05, 3.63) is 70.7 Å². The molecule has 0 spiro atoms. The molecule has 3 aromatic rings. The number of carbonyl (C=O) groups excluding carboxylic acids is 1. The van der Waals surface area contributed by atoms with Gasteiger partial charge in [0.05, 0.1) is 11.2 Å². The number of aliphatic hydroxyl groups excluding tert-OH is 1. The van der Waals surface area contributed by atoms with Gasteiger partial charge in [0, 0.05) is 23.1 Å². The Hall–Kier alpha value is -3.13. The van der Waals surface area contributed by atoms with Gasteiger partial charge >= 0.3 is 0 Å². The SMILES string of the molecule is O=C(NN=Cc1ccc(OCC(O)CN2CCCCC2)c2ccccc12)c1ccc(O)c(Cl)c1. The van der Waals surface area contributed by atoms with Crippen LogP contribution < -0.4 is 10.2 Å². The number of halogens is 1. The van der Waals surface area contributed by atoms with Crippen LogP contribution in [0, 0.1) is 0 Å². The Bertz CT molecular complexity index is 1180. The monoisotopic (exact) mass is 481 g/mol. The lowest BCUT2D eigenvalue weighted by molar-refractivity contribution is 0.0622. The first-order valence-corrected chi connectivity index (χ1v) is 11.8. The second-order valence-corrected chi connectivity index (χ2v) is 8.80. The molecule has 0 saturated carbocycles. The number of rotatable bonds is 8. The van der Waals surface area contributed by atoms with Crippen LogP contribution in [0.1, 0.15) is 35.2 Å². The van der Waals surface area contributed by atoms with Crippen molar-refractivity contribution < 1.29 is 19.7 Å². The minimum absolute atomic E-state index is 0.0884. The van der Waals surface area contributed by atoms with E-state index in [-0.39, 0.29) is 22.9 Å². The van der Waals surface area contributed by atoms with Crippen LogP contribution in [-0.2, 0) is 0 Å². The van der Waals surface area contributed by atoms with Crippen molar-refractivity contribution in [1.82, 2.24) is 10.3 Å². The number of piperidine rings is 1. The van der Waals surface area contributed by atoms with E-state index in [9.17, 15) is 15.0 Å². The predicted octanol–water partition coefficient (Wildman–Crippen LogP) is 4.19. The Morgan fingerprint density at radius 1 is 1.12 bits per heavy atom. The Morgan fingerprint density at radius 3 is 2.65 bits per heavy atom. The zero-order valence-electron chi connectivity index (χ0n) is 18.8. The molecule has 0 radical (unpaired) electrons. The first-order chi connectivity index (χ1) is 16.5. The average molecular weight is 482 g/mol. The lowest BCUT2D eigenvalue weighted by Crippen LogP contribution is -2.38. The zero-order chi connectivity index (χ0) is 23.9. The van der Waals surface area contributed by atoms with E-state index in [2.05, 4.69) is 15.4 Å². The summed E-state index contributed by atoms with van der Waals surface area (Å²) < 4.78 is 5.98. The van der Waals surface area contributed by atoms with Crippen molar-refractivity contribution >= 4 is 34.5 Å². The summed E-state index contributed by atoms with van der Waals surface area (Å²) in [4.78, 5) is 14.6. The van der Waals surface area contributed by atoms with E-state index in [1.807, 2.05) is 36.4 Å². The molecule has 1 unspecified atom stereocenters. The van der Waals surface area contributed by atoms with Gasteiger partial charge in [-0.1, -0.05) is 42.3 Å². The molecular weight excluding hydrogens is 454 g/mol. The van der Waals surface area contributed by atoms with Gasteiger partial charge < -0.3 is 19.8 Å². The molecule has 1 aliphatic heterocycles. The van der Waals surface area contributed by atoms with Crippen LogP contribution in [0.2, 0.25) is 5.02 Å². The van der Waals surface area contributed by atoms with Gasteiger partial charge in [0.2, 0.25) is 0 Å². The molecule has 4 rings (SSSR count). The number of fused-ring (bicyclic) bond motifs is 1. The smallest absolute Gasteiger partial charge is 0.271 e. The number of amides is 1. The summed E-state index contributed by atoms with van der Waals surface area (Å²) in [5.41, 5.74) is 3.57. The lowest BCUT2D eigenvalue weighted by Gasteiger charge is -2.28. The highest BCUT2D eigenvalue weighted by atomic mass is 35.5. The number of nitrogens with zero attached hydrogens (tertiary/aromatic N) is 2. The zero-order valence-corrected chi connectivity index (χ0v) is 19.5. The van der Waals surface area contributed by atoms with Gasteiger partial charge in [0.15, 0.2) is 0 Å². The number of nitrogens with one attached hydrogen (secondary N) is 1. The molecule has 1 amide bonds. The minimum atomic E-state index is -0.554. The van der Waals surface area contributed by atoms with Gasteiger partial charge in [0.25, 0.3) is 5.91 Å². The van der Waals surface area contributed by atoms with Crippen LogP contribution in [0.3, 0.4) is 0 Å². The second-order valence-electron chi connectivity index (χ2n) is 8.39. The number of benzene rings is 3. The fourth-order valence-corrected chi connectivity index (χ4v) is 4.27. The Balaban J connectivity index is 1.41. The number of likely N-dealkylation sites (tertiary alicyclic amines) is 1. The molecule has 1 aliphatic rings. The number of phenols is 1. The van der Waals surface area contributed by atoms with E-state index in [4.69, 9.17) is 16.3 Å². The molecule has 178 valence electrons. The molecule has 3 aromatic carbocycles. The van der Waals surface area contributed by atoms with Crippen molar-refractivity contribution in [2.75, 3.05) is 26.2 Å². The molecule has 0 aromatic heterocycles. The number of hydrazone groups is 1. The van der Waals surface area contributed by atoms with Crippen LogP contribution in [-0.4, -0.2) is 59.6 Å². The van der Waals surface area contributed by atoms with Crippen LogP contribution in [0.5, 0.6) is 11.5 Å². The van der Waals surface area contributed by atoms with Crippen molar-refractivity contribution in [2.45, 2.75) is 25.4 Å². The minimum Gasteiger partial charge on any atom is -0.506 e. The average Bonchev–Trinajstić information content (AvgIpc) is 2.85. The van der Waals surface area contributed by atoms with Crippen LogP contribution in [0.4, 0.5) is 0 Å². The van der Waals surface area contributed by atoms with Gasteiger partial charge in [-0.15, -0.1) is 0 Å². The standard InChI is InChI=1S/C26H28ClN3O4/c27-23-14-18(8-10-24(23)32)26(33)29-28-15-19-9-11-25(22-7-3-2-6-21(19)22)34-17-20(31)16-30-12-4-1-5-13-30/h2-3,6-11,14-15,20,31-32H,1,4-5,12-13,16-17H2,(H,29,33). The maximum absolute atomic E-state index is 12.3. The number of ether oxygens (including phenoxy) is 1. The van der Waals surface area contributed by atoms with E-state index in [0.717, 1.165) is 29.4 Å². The summed E-state index contributed by atoms with van der Waals surface area (Å²) in [6.45, 7) is 2.91. The summed E-state index contributed by atoms with van der Waals surface area (Å²) in [6.07, 6.45) is 4.65. The normalized spacial score (nSPS) is 15.5. The van der Waals surface area contributed by atoms with Gasteiger partial charge in [-0.3, -0.25) is 4.79 Å². The fraction of sp³-hybridized carbons (Fsp3) is 0.308. The summed E-state index contributed by atoms with van der Waals surface area (Å²) in [5.74, 6) is 0.160. The number of aromatic hydroxyl groups is 1. The number of aliphatic hydroxyl groups is 1. The molecule has 1 saturated heterocycles. The van der Waals surface area contributed by atoms with Gasteiger partial charge in [0.1, 0.15) is 24.2 Å². The molecule has 34 heavy (non-hydrogen) atoms. The van der Waals surface area contributed by atoms with E-state index >= 15 is 0 Å². The molecule has 0 bridgehead atoms. The van der Waals surface area contributed by atoms with Crippen molar-refractivity contribution in [1.29, 1.82) is 0 Å². The third-order valence-corrected chi connectivity index (χ3v) is 6.15. The van der Waals surface area contributed by atoms with E-state index in [1.54, 1.807) is 6.21 Å². The maximum Gasteiger partial charge on any atom is 0.271 e. The number of hydrogen-bond acceptors (Lipinski definition) is 6. The Labute approximate surface area is 203 Å². The summed E-state index contributed by atoms with van der Waals surface area (Å²) in [5, 5.41) is 25.9. The predicted molar refractivity (Wildman–Crippen MR) is 134 cm³/mol. The van der Waals surface area contributed by atoms with Crippen molar-refractivity contribution in [3.8, 4) is 11.5 Å². The van der Waals surface area contributed by atoms with Crippen molar-refractivity contribution in [3.63, 3.8) is 0 Å². The number of phenolic OH excluding ortho intramolecular Hbond substituents is 1. The van der Waals surface area contributed by atoms with Crippen molar-refractivity contribution in [2.24, 2.45) is 5.10 Å². The Kier molecular flexibility index (Phi) is 8.00. The van der Waals surface area contributed by atoms with Gasteiger partial charge in [-0.05, 0) is 61.6 Å². The Morgan fingerprint density at radius 2 is 1.88 bits per heavy atom. The van der Waals surface area contributed by atoms with Gasteiger partial charge in [-0.2, -0.15) is 5.10 Å². The molecule has 1 atom stereocenters. The molecule has 7 nitrogen and oxygen atoms in total. The number of hydrogen-bond donors (Lipinski definition) is 3. The topological polar surface area (TPSA) is 94.4 Å². The summed E-state index contributed by atoms with van der Waals surface area (Å²) in [6, 6.07) is 15.7. The third-order valence-electron chi connectivity index (χ3n) is 5.85. The molecule has 3 N–H and O–H groups in total. The third kappa shape index (κ3) is 6.05. The first-order valence-electron chi connectivity index (χ1n) is 11.4. The van der Waals surface area contributed by atoms with Gasteiger partial charge in [-0.25, -0.2) is 5.43 Å². The first kappa shape index (κ1) is 24.0. The van der Waals surface area contributed by atoms with Crippen LogP contribution in [0.15, 0.2) is 59.7 Å². The number of carbonyl (C=O) groups is 1. The highest BCUT2D eigenvalue weighted by Crippen LogP contribution is 2.28. The molecule has 0 aliphatic carbocycles. The molecule has 1 heterocycles. The van der Waals surface area contributed by atoms with Crippen LogP contribution in [0.25, 0.3) is 10.8 Å². The summed E-state index contributed by atoms with van der Waals surface area (Å²) >= 11 is 5.86. The second kappa shape index (κ2) is 11.3. The quantitative estimate of drug-likeness (QED) is 0.331. The van der Waals surface area contributed by atoms with E-state index in [0.29, 0.717) is 12.3 Å². The molecule has 1 fully saturated rings. The highest BCUT2D eigenvalue weighted by Gasteiger charge is 2.16. The lowest BCUT2D eigenvalue weighted by atomic mass is 10.0. The highest BCUT2D eigenvalue weighted by molar-refractivity contribution is 6.32. The molecular formula is C26H28ClN3O4. The fourth-order valence-electron chi connectivity index (χ4n) is 4.09.